The molecule has 24 heavy (non-hydrogen) atoms. The average molecular weight is 326 g/mol. The van der Waals surface area contributed by atoms with Crippen LogP contribution in [0.3, 0.4) is 0 Å². The Kier molecular flexibility index (Phi) is 7.31. The Bertz CT molecular complexity index is 692. The molecule has 1 aromatic rings. The van der Waals surface area contributed by atoms with E-state index in [1.165, 1.54) is 5.57 Å². The molecule has 7 N–H and O–H groups in total. The van der Waals surface area contributed by atoms with Crippen molar-refractivity contribution >= 4 is 5.70 Å². The highest BCUT2D eigenvalue weighted by Gasteiger charge is 2.11. The highest BCUT2D eigenvalue weighted by atomic mass is 16.3. The van der Waals surface area contributed by atoms with Gasteiger partial charge in [0.05, 0.1) is 12.2 Å². The Morgan fingerprint density at radius 1 is 1.29 bits per heavy atom. The van der Waals surface area contributed by atoms with E-state index >= 15 is 0 Å². The zero-order valence-corrected chi connectivity index (χ0v) is 14.3. The van der Waals surface area contributed by atoms with E-state index in [2.05, 4.69) is 25.8 Å². The van der Waals surface area contributed by atoms with E-state index in [9.17, 15) is 5.11 Å². The lowest BCUT2D eigenvalue weighted by atomic mass is 10.1. The third-order valence-corrected chi connectivity index (χ3v) is 3.64. The molecule has 0 saturated heterocycles. The lowest BCUT2D eigenvalue weighted by Gasteiger charge is -2.24. The third-order valence-electron chi connectivity index (χ3n) is 3.64. The van der Waals surface area contributed by atoms with Crippen LogP contribution in [0.4, 0.5) is 0 Å². The first kappa shape index (κ1) is 19.0. The third kappa shape index (κ3) is 5.33. The van der Waals surface area contributed by atoms with E-state index in [4.69, 9.17) is 23.6 Å². The molecule has 5 nitrogen and oxygen atoms in total. The number of phenols is 1. The van der Waals surface area contributed by atoms with E-state index in [0.717, 1.165) is 6.42 Å². The Labute approximate surface area is 144 Å². The molecule has 0 heterocycles. The molecule has 0 fully saturated rings. The fourth-order valence-electron chi connectivity index (χ4n) is 2.07. The molecule has 0 unspecified atom stereocenters. The second-order valence-electron chi connectivity index (χ2n) is 5.45. The van der Waals surface area contributed by atoms with Crippen LogP contribution in [0.1, 0.15) is 25.8 Å². The summed E-state index contributed by atoms with van der Waals surface area (Å²) in [5, 5.41) is 9.93. The minimum Gasteiger partial charge on any atom is -0.507 e. The number of allylic oxidation sites excluding steroid dienone is 2. The summed E-state index contributed by atoms with van der Waals surface area (Å²) in [6, 6.07) is 6.80. The molecule has 1 rings (SSSR count). The molecule has 0 spiro atoms. The number of terminal acetylenes is 1. The second kappa shape index (κ2) is 9.21. The summed E-state index contributed by atoms with van der Waals surface area (Å²) in [6.07, 6.45) is 10.1. The zero-order valence-electron chi connectivity index (χ0n) is 14.3. The van der Waals surface area contributed by atoms with Gasteiger partial charge in [0.2, 0.25) is 0 Å². The Balaban J connectivity index is 3.21. The van der Waals surface area contributed by atoms with Gasteiger partial charge in [-0.3, -0.25) is 0 Å². The summed E-state index contributed by atoms with van der Waals surface area (Å²) in [5.74, 6) is 2.81. The summed E-state index contributed by atoms with van der Waals surface area (Å²) in [6.45, 7) is 5.05. The van der Waals surface area contributed by atoms with Crippen molar-refractivity contribution in [1.82, 2.24) is 4.90 Å². The lowest BCUT2D eigenvalue weighted by molar-refractivity contribution is 0.434. The fourth-order valence-corrected chi connectivity index (χ4v) is 2.07. The molecule has 0 amide bonds. The number of hydrogen-bond donors (Lipinski definition) is 4. The van der Waals surface area contributed by atoms with Gasteiger partial charge in [-0.2, -0.15) is 0 Å². The molecule has 0 atom stereocenters. The Morgan fingerprint density at radius 2 is 1.96 bits per heavy atom. The van der Waals surface area contributed by atoms with E-state index in [1.807, 2.05) is 4.90 Å². The van der Waals surface area contributed by atoms with Crippen molar-refractivity contribution in [3.8, 4) is 18.1 Å². The lowest BCUT2D eigenvalue weighted by Crippen LogP contribution is -2.29. The van der Waals surface area contributed by atoms with Crippen molar-refractivity contribution in [2.45, 2.75) is 20.3 Å². The predicted octanol–water partition coefficient (Wildman–Crippen LogP) is 2.07. The average Bonchev–Trinajstić information content (AvgIpc) is 2.56. The van der Waals surface area contributed by atoms with Crippen molar-refractivity contribution in [2.24, 2.45) is 17.2 Å². The first-order valence-corrected chi connectivity index (χ1v) is 7.75. The zero-order chi connectivity index (χ0) is 18.1. The van der Waals surface area contributed by atoms with Crippen LogP contribution < -0.4 is 17.2 Å². The van der Waals surface area contributed by atoms with Gasteiger partial charge < -0.3 is 27.2 Å². The van der Waals surface area contributed by atoms with Gasteiger partial charge in [-0.05, 0) is 31.6 Å². The number of aromatic hydroxyl groups is 1. The molecule has 0 aromatic heterocycles. The number of benzene rings is 1. The molecular weight excluding hydrogens is 300 g/mol. The minimum atomic E-state index is 0.0893. The van der Waals surface area contributed by atoms with Gasteiger partial charge in [-0.25, -0.2) is 0 Å². The Morgan fingerprint density at radius 3 is 2.50 bits per heavy atom. The maximum atomic E-state index is 9.93. The highest BCUT2D eigenvalue weighted by molar-refractivity contribution is 5.69. The van der Waals surface area contributed by atoms with E-state index in [-0.39, 0.29) is 11.6 Å². The number of nitrogens with zero attached hydrogens (tertiary/aromatic N) is 1. The van der Waals surface area contributed by atoms with Crippen LogP contribution in [-0.4, -0.2) is 23.1 Å². The van der Waals surface area contributed by atoms with Gasteiger partial charge in [-0.1, -0.05) is 36.6 Å². The van der Waals surface area contributed by atoms with Crippen LogP contribution in [0, 0.1) is 12.3 Å². The summed E-state index contributed by atoms with van der Waals surface area (Å²) in [5.41, 5.74) is 20.4. The minimum absolute atomic E-state index is 0.0893. The number of hydrogen-bond acceptors (Lipinski definition) is 5. The number of phenolic OH excluding ortho intramolecular Hbond substituents is 1. The molecule has 1 aromatic carbocycles. The maximum absolute atomic E-state index is 9.93. The van der Waals surface area contributed by atoms with Crippen molar-refractivity contribution in [3.63, 3.8) is 0 Å². The van der Waals surface area contributed by atoms with Crippen LogP contribution in [0.15, 0.2) is 53.5 Å². The number of para-hydroxylation sites is 1. The normalized spacial score (nSPS) is 11.7. The molecule has 0 aliphatic carbocycles. The maximum Gasteiger partial charge on any atom is 0.124 e. The number of rotatable bonds is 7. The van der Waals surface area contributed by atoms with Crippen LogP contribution in [-0.2, 0) is 0 Å². The smallest absolute Gasteiger partial charge is 0.124 e. The monoisotopic (exact) mass is 326 g/mol. The predicted molar refractivity (Wildman–Crippen MR) is 100 cm³/mol. The first-order valence-electron chi connectivity index (χ1n) is 7.75. The summed E-state index contributed by atoms with van der Waals surface area (Å²) in [4.78, 5) is 1.86. The highest BCUT2D eigenvalue weighted by Crippen LogP contribution is 2.23. The first-order chi connectivity index (χ1) is 11.4. The molecular formula is C19H26N4O. The molecule has 0 saturated carbocycles. The van der Waals surface area contributed by atoms with Crippen LogP contribution >= 0.6 is 0 Å². The molecule has 0 radical (unpaired) electrons. The molecule has 0 aliphatic rings. The second-order valence-corrected chi connectivity index (χ2v) is 5.45. The SMILES string of the molecule is C#CCN(C/C=C(/C)CC)C(/C=C(\N)c1ccccc1O)=C(N)N. The summed E-state index contributed by atoms with van der Waals surface area (Å²) < 4.78 is 0. The molecule has 128 valence electrons. The van der Waals surface area contributed by atoms with Crippen molar-refractivity contribution in [3.05, 3.63) is 59.1 Å². The standard InChI is InChI=1S/C19H26N4O/c1-4-11-23(12-10-14(3)5-2)17(19(21)22)13-16(20)15-8-6-7-9-18(15)24/h1,6-10,13,24H,5,11-12,20-22H2,2-3H3/b14-10-,16-13-. The van der Waals surface area contributed by atoms with Crippen molar-refractivity contribution in [1.29, 1.82) is 0 Å². The van der Waals surface area contributed by atoms with Gasteiger partial charge in [0, 0.05) is 17.8 Å². The largest absolute Gasteiger partial charge is 0.507 e. The van der Waals surface area contributed by atoms with Crippen LogP contribution in [0.2, 0.25) is 0 Å². The van der Waals surface area contributed by atoms with Gasteiger partial charge in [0.15, 0.2) is 0 Å². The topological polar surface area (TPSA) is 102 Å². The summed E-state index contributed by atoms with van der Waals surface area (Å²) >= 11 is 0. The van der Waals surface area contributed by atoms with Crippen molar-refractivity contribution < 1.29 is 5.11 Å². The van der Waals surface area contributed by atoms with E-state index in [1.54, 1.807) is 30.3 Å². The fraction of sp³-hybridized carbons (Fsp3) is 0.263. The quantitative estimate of drug-likeness (QED) is 0.349. The van der Waals surface area contributed by atoms with Crippen LogP contribution in [0.5, 0.6) is 5.75 Å². The summed E-state index contributed by atoms with van der Waals surface area (Å²) in [7, 11) is 0. The number of nitrogens with two attached hydrogens (primary N) is 3. The molecule has 0 bridgehead atoms. The van der Waals surface area contributed by atoms with Gasteiger partial charge in [0.25, 0.3) is 0 Å². The molecule has 0 aliphatic heterocycles. The van der Waals surface area contributed by atoms with Gasteiger partial charge >= 0.3 is 0 Å². The molecule has 5 heteroatoms. The van der Waals surface area contributed by atoms with E-state index < -0.39 is 0 Å². The van der Waals surface area contributed by atoms with Crippen LogP contribution in [0.25, 0.3) is 5.70 Å². The Hall–Kier alpha value is -3.00. The van der Waals surface area contributed by atoms with Gasteiger partial charge in [-0.15, -0.1) is 6.42 Å². The van der Waals surface area contributed by atoms with Crippen molar-refractivity contribution in [2.75, 3.05) is 13.1 Å². The van der Waals surface area contributed by atoms with Gasteiger partial charge in [0.1, 0.15) is 11.6 Å². The van der Waals surface area contributed by atoms with E-state index in [0.29, 0.717) is 30.0 Å².